The van der Waals surface area contributed by atoms with Gasteiger partial charge in [-0.15, -0.1) is 24.0 Å². The molecule has 68 valence electrons. The molecule has 2 nitrogen and oxygen atoms in total. The zero-order chi connectivity index (χ0) is 9.42. The molecule has 0 unspecified atom stereocenters. The molecule has 0 saturated carbocycles. The molecule has 4 heteroatoms. The van der Waals surface area contributed by atoms with Gasteiger partial charge in [-0.1, -0.05) is 0 Å². The highest BCUT2D eigenvalue weighted by atomic mass is 32.1. The Hall–Kier alpha value is -0.710. The molecule has 1 aromatic carbocycles. The largest absolute Gasteiger partial charge is 0.398 e. The van der Waals surface area contributed by atoms with Crippen LogP contribution in [0.25, 0.3) is 10.1 Å². The van der Waals surface area contributed by atoms with E-state index in [0.29, 0.717) is 0 Å². The van der Waals surface area contributed by atoms with E-state index in [1.54, 1.807) is 0 Å². The van der Waals surface area contributed by atoms with Gasteiger partial charge in [0.1, 0.15) is 0 Å². The average molecular weight is 211 g/mol. The summed E-state index contributed by atoms with van der Waals surface area (Å²) in [6, 6.07) is 5.71. The van der Waals surface area contributed by atoms with E-state index in [4.69, 9.17) is 10.8 Å². The van der Waals surface area contributed by atoms with Crippen molar-refractivity contribution in [2.24, 2.45) is 0 Å². The lowest BCUT2D eigenvalue weighted by molar-refractivity contribution is 0.285. The van der Waals surface area contributed by atoms with Crippen LogP contribution in [0.3, 0.4) is 0 Å². The van der Waals surface area contributed by atoms with E-state index in [9.17, 15) is 0 Å². The fourth-order valence-electron chi connectivity index (χ4n) is 1.30. The summed E-state index contributed by atoms with van der Waals surface area (Å²) in [5, 5.41) is 10.0. The summed E-state index contributed by atoms with van der Waals surface area (Å²) in [6.45, 7) is 0.0701. The molecular weight excluding hydrogens is 202 g/mol. The normalized spacial score (nSPS) is 10.9. The van der Waals surface area contributed by atoms with Crippen molar-refractivity contribution in [3.05, 3.63) is 23.1 Å². The molecule has 2 rings (SSSR count). The van der Waals surface area contributed by atoms with Crippen molar-refractivity contribution in [1.29, 1.82) is 0 Å². The van der Waals surface area contributed by atoms with Crippen LogP contribution in [-0.4, -0.2) is 5.11 Å². The van der Waals surface area contributed by atoms with Crippen LogP contribution in [0.1, 0.15) is 4.88 Å². The fraction of sp³-hybridized carbons (Fsp3) is 0.111. The molecule has 0 aliphatic heterocycles. The predicted octanol–water partition coefficient (Wildman–Crippen LogP) is 2.26. The molecule has 3 N–H and O–H groups in total. The summed E-state index contributed by atoms with van der Waals surface area (Å²) >= 11 is 5.75. The molecule has 0 radical (unpaired) electrons. The van der Waals surface area contributed by atoms with Crippen LogP contribution >= 0.6 is 24.0 Å². The third-order valence-electron chi connectivity index (χ3n) is 1.84. The van der Waals surface area contributed by atoms with Gasteiger partial charge in [0.15, 0.2) is 0 Å². The van der Waals surface area contributed by atoms with Crippen LogP contribution in [0.2, 0.25) is 0 Å². The lowest BCUT2D eigenvalue weighted by atomic mass is 10.2. The molecule has 0 fully saturated rings. The molecule has 0 saturated heterocycles. The number of rotatable bonds is 1. The molecule has 13 heavy (non-hydrogen) atoms. The smallest absolute Gasteiger partial charge is 0.0774 e. The van der Waals surface area contributed by atoms with E-state index in [1.807, 2.05) is 18.2 Å². The van der Waals surface area contributed by atoms with Gasteiger partial charge in [0.25, 0.3) is 0 Å². The van der Waals surface area contributed by atoms with Crippen LogP contribution in [-0.2, 0) is 6.61 Å². The molecule has 2 aromatic rings. The number of thiophene rings is 1. The second kappa shape index (κ2) is 3.21. The number of thiol groups is 1. The van der Waals surface area contributed by atoms with Gasteiger partial charge in [0, 0.05) is 9.77 Å². The summed E-state index contributed by atoms with van der Waals surface area (Å²) in [4.78, 5) is 1.79. The molecule has 0 aliphatic rings. The number of nitrogens with two attached hydrogens (primary N) is 1. The van der Waals surface area contributed by atoms with E-state index in [0.717, 1.165) is 25.5 Å². The quantitative estimate of drug-likeness (QED) is 0.500. The van der Waals surface area contributed by atoms with Gasteiger partial charge in [-0.2, -0.15) is 0 Å². The number of hydrogen-bond acceptors (Lipinski definition) is 4. The van der Waals surface area contributed by atoms with Crippen molar-refractivity contribution in [2.45, 2.75) is 11.5 Å². The minimum atomic E-state index is 0.0701. The van der Waals surface area contributed by atoms with E-state index >= 15 is 0 Å². The first-order valence-corrected chi connectivity index (χ1v) is 5.09. The first kappa shape index (κ1) is 8.87. The Morgan fingerprint density at radius 3 is 2.85 bits per heavy atom. The van der Waals surface area contributed by atoms with Crippen molar-refractivity contribution in [2.75, 3.05) is 5.73 Å². The Labute approximate surface area is 85.4 Å². The highest BCUT2D eigenvalue weighted by Crippen LogP contribution is 2.32. The van der Waals surface area contributed by atoms with Crippen molar-refractivity contribution in [3.63, 3.8) is 0 Å². The zero-order valence-corrected chi connectivity index (χ0v) is 8.53. The molecule has 0 spiro atoms. The van der Waals surface area contributed by atoms with Gasteiger partial charge in [-0.25, -0.2) is 0 Å². The zero-order valence-electron chi connectivity index (χ0n) is 6.82. The van der Waals surface area contributed by atoms with Crippen molar-refractivity contribution in [1.82, 2.24) is 0 Å². The average Bonchev–Trinajstić information content (AvgIpc) is 2.47. The van der Waals surface area contributed by atoms with Gasteiger partial charge in [-0.05, 0) is 23.6 Å². The number of aliphatic hydroxyl groups is 1. The van der Waals surface area contributed by atoms with E-state index in [-0.39, 0.29) is 6.61 Å². The van der Waals surface area contributed by atoms with Crippen molar-refractivity contribution < 1.29 is 5.11 Å². The molecule has 0 amide bonds. The maximum Gasteiger partial charge on any atom is 0.0774 e. The summed E-state index contributed by atoms with van der Waals surface area (Å²) < 4.78 is 1.03. The van der Waals surface area contributed by atoms with Crippen LogP contribution in [0, 0.1) is 0 Å². The molecule has 0 bridgehead atoms. The lowest BCUT2D eigenvalue weighted by Gasteiger charge is -1.96. The van der Waals surface area contributed by atoms with Gasteiger partial charge < -0.3 is 10.8 Å². The number of anilines is 1. The summed E-state index contributed by atoms with van der Waals surface area (Å²) in [6.07, 6.45) is 0. The van der Waals surface area contributed by atoms with Gasteiger partial charge in [0.05, 0.1) is 17.0 Å². The Bertz CT molecular complexity index is 450. The Kier molecular flexibility index (Phi) is 2.19. The molecule has 1 heterocycles. The van der Waals surface area contributed by atoms with E-state index < -0.39 is 0 Å². The number of hydrogen-bond donors (Lipinski definition) is 3. The second-order valence-corrected chi connectivity index (χ2v) is 4.48. The summed E-state index contributed by atoms with van der Waals surface area (Å²) in [7, 11) is 0. The topological polar surface area (TPSA) is 46.2 Å². The van der Waals surface area contributed by atoms with Crippen LogP contribution in [0.5, 0.6) is 0 Å². The number of aliphatic hydroxyl groups excluding tert-OH is 1. The van der Waals surface area contributed by atoms with Gasteiger partial charge >= 0.3 is 0 Å². The number of benzene rings is 1. The standard InChI is InChI=1S/C9H9NOS2/c10-8-3-6(12)1-5-2-7(4-11)13-9(5)8/h1-3,11-12H,4,10H2. The Morgan fingerprint density at radius 2 is 2.15 bits per heavy atom. The first-order chi connectivity index (χ1) is 6.20. The number of nitrogen functional groups attached to an aromatic ring is 1. The van der Waals surface area contributed by atoms with E-state index in [1.165, 1.54) is 11.3 Å². The third kappa shape index (κ3) is 1.52. The molecule has 0 aliphatic carbocycles. The Morgan fingerprint density at radius 1 is 1.38 bits per heavy atom. The molecule has 1 aromatic heterocycles. The lowest BCUT2D eigenvalue weighted by Crippen LogP contribution is -1.83. The minimum absolute atomic E-state index is 0.0701. The van der Waals surface area contributed by atoms with Crippen molar-refractivity contribution >= 4 is 39.7 Å². The van der Waals surface area contributed by atoms with Crippen LogP contribution < -0.4 is 5.73 Å². The Balaban J connectivity index is 2.75. The SMILES string of the molecule is Nc1cc(S)cc2cc(CO)sc12. The fourth-order valence-corrected chi connectivity index (χ4v) is 2.50. The summed E-state index contributed by atoms with van der Waals surface area (Å²) in [5.41, 5.74) is 6.53. The number of fused-ring (bicyclic) bond motifs is 1. The molecule has 0 atom stereocenters. The summed E-state index contributed by atoms with van der Waals surface area (Å²) in [5.74, 6) is 0. The molecular formula is C9H9NOS2. The van der Waals surface area contributed by atoms with Crippen LogP contribution in [0.15, 0.2) is 23.1 Å². The predicted molar refractivity (Wildman–Crippen MR) is 59.4 cm³/mol. The third-order valence-corrected chi connectivity index (χ3v) is 3.28. The van der Waals surface area contributed by atoms with Crippen LogP contribution in [0.4, 0.5) is 5.69 Å². The maximum atomic E-state index is 8.95. The highest BCUT2D eigenvalue weighted by molar-refractivity contribution is 7.80. The van der Waals surface area contributed by atoms with Gasteiger partial charge in [0.2, 0.25) is 0 Å². The van der Waals surface area contributed by atoms with Gasteiger partial charge in [-0.3, -0.25) is 0 Å². The minimum Gasteiger partial charge on any atom is -0.398 e. The highest BCUT2D eigenvalue weighted by Gasteiger charge is 2.04. The monoisotopic (exact) mass is 211 g/mol. The van der Waals surface area contributed by atoms with Crippen molar-refractivity contribution in [3.8, 4) is 0 Å². The second-order valence-electron chi connectivity index (χ2n) is 2.82. The van der Waals surface area contributed by atoms with E-state index in [2.05, 4.69) is 12.6 Å². The first-order valence-electron chi connectivity index (χ1n) is 3.82. The maximum absolute atomic E-state index is 8.95.